The molecule has 0 unspecified atom stereocenters. The minimum Gasteiger partial charge on any atom is -0.482 e. The van der Waals surface area contributed by atoms with E-state index in [-0.39, 0.29) is 12.5 Å². The molecule has 0 spiro atoms. The maximum atomic E-state index is 11.7. The average molecular weight is 442 g/mol. The molecule has 30 heavy (non-hydrogen) atoms. The van der Waals surface area contributed by atoms with Gasteiger partial charge in [0.05, 0.1) is 17.1 Å². The van der Waals surface area contributed by atoms with Crippen LogP contribution in [0.5, 0.6) is 5.75 Å². The molecule has 1 amide bonds. The Bertz CT molecular complexity index is 1160. The summed E-state index contributed by atoms with van der Waals surface area (Å²) in [7, 11) is 0. The molecule has 1 N–H and O–H groups in total. The Morgan fingerprint density at radius 3 is 2.77 bits per heavy atom. The molecule has 156 valence electrons. The van der Waals surface area contributed by atoms with Crippen LogP contribution < -0.4 is 14.9 Å². The van der Waals surface area contributed by atoms with Crippen molar-refractivity contribution >= 4 is 40.2 Å². The number of benzene rings is 2. The molecule has 2 aromatic carbocycles. The molecule has 7 heteroatoms. The summed E-state index contributed by atoms with van der Waals surface area (Å²) in [4.78, 5) is 17.6. The van der Waals surface area contributed by atoms with Gasteiger partial charge in [-0.1, -0.05) is 31.5 Å². The number of ether oxygens (including phenoxy) is 1. The van der Waals surface area contributed by atoms with E-state index < -0.39 is 0 Å². The van der Waals surface area contributed by atoms with Crippen molar-refractivity contribution < 1.29 is 9.53 Å². The predicted octanol–water partition coefficient (Wildman–Crippen LogP) is 6.10. The number of anilines is 1. The highest BCUT2D eigenvalue weighted by Crippen LogP contribution is 2.34. The number of aryl methyl sites for hydroxylation is 1. The van der Waals surface area contributed by atoms with Crippen LogP contribution in [0.4, 0.5) is 11.4 Å². The van der Waals surface area contributed by atoms with E-state index in [4.69, 9.17) is 21.3 Å². The van der Waals surface area contributed by atoms with Gasteiger partial charge >= 0.3 is 0 Å². The van der Waals surface area contributed by atoms with E-state index in [0.29, 0.717) is 22.5 Å². The SMILES string of the molecule is CCC(CC)n1c(-c2ccc3c(c2)NC(=O)CO3)csc1=Nc1ccc(C)c(Cl)c1. The number of fused-ring (bicyclic) bond motifs is 1. The van der Waals surface area contributed by atoms with Crippen LogP contribution in [0, 0.1) is 6.92 Å². The largest absolute Gasteiger partial charge is 0.482 e. The van der Waals surface area contributed by atoms with E-state index in [9.17, 15) is 4.79 Å². The predicted molar refractivity (Wildman–Crippen MR) is 123 cm³/mol. The molecular weight excluding hydrogens is 418 g/mol. The van der Waals surface area contributed by atoms with Crippen LogP contribution in [0.2, 0.25) is 5.02 Å². The van der Waals surface area contributed by atoms with Crippen LogP contribution in [0.25, 0.3) is 11.3 Å². The summed E-state index contributed by atoms with van der Waals surface area (Å²) in [5.74, 6) is 0.562. The zero-order valence-electron chi connectivity index (χ0n) is 17.2. The molecule has 0 bridgehead atoms. The first-order valence-corrected chi connectivity index (χ1v) is 11.3. The minimum absolute atomic E-state index is 0.0562. The monoisotopic (exact) mass is 441 g/mol. The number of halogens is 1. The zero-order chi connectivity index (χ0) is 21.3. The lowest BCUT2D eigenvalue weighted by atomic mass is 10.1. The lowest BCUT2D eigenvalue weighted by Gasteiger charge is -2.21. The van der Waals surface area contributed by atoms with E-state index >= 15 is 0 Å². The first-order valence-electron chi connectivity index (χ1n) is 10.1. The number of hydrogen-bond donors (Lipinski definition) is 1. The molecule has 4 rings (SSSR count). The summed E-state index contributed by atoms with van der Waals surface area (Å²) in [6.45, 7) is 6.42. The Morgan fingerprint density at radius 2 is 2.03 bits per heavy atom. The van der Waals surface area contributed by atoms with E-state index in [2.05, 4.69) is 29.1 Å². The van der Waals surface area contributed by atoms with Gasteiger partial charge in [0.25, 0.3) is 5.91 Å². The Balaban J connectivity index is 1.85. The second-order valence-electron chi connectivity index (χ2n) is 7.34. The summed E-state index contributed by atoms with van der Waals surface area (Å²) < 4.78 is 7.80. The minimum atomic E-state index is -0.134. The van der Waals surface area contributed by atoms with Crippen LogP contribution in [-0.4, -0.2) is 17.1 Å². The van der Waals surface area contributed by atoms with Gasteiger partial charge in [0.15, 0.2) is 11.4 Å². The number of carbonyl (C=O) groups excluding carboxylic acids is 1. The molecule has 1 aromatic heterocycles. The second-order valence-corrected chi connectivity index (χ2v) is 8.58. The van der Waals surface area contributed by atoms with E-state index in [0.717, 1.165) is 40.2 Å². The molecule has 0 aliphatic carbocycles. The fraction of sp³-hybridized carbons (Fsp3) is 0.304. The number of nitrogens with one attached hydrogen (secondary N) is 1. The van der Waals surface area contributed by atoms with Crippen molar-refractivity contribution in [2.75, 3.05) is 11.9 Å². The van der Waals surface area contributed by atoms with Crippen molar-refractivity contribution in [3.8, 4) is 17.0 Å². The van der Waals surface area contributed by atoms with Crippen molar-refractivity contribution in [3.05, 3.63) is 57.2 Å². The van der Waals surface area contributed by atoms with Crippen molar-refractivity contribution in [1.82, 2.24) is 4.57 Å². The number of amides is 1. The van der Waals surface area contributed by atoms with E-state index in [1.165, 1.54) is 0 Å². The zero-order valence-corrected chi connectivity index (χ0v) is 18.8. The number of nitrogens with zero attached hydrogens (tertiary/aromatic N) is 2. The molecule has 0 saturated heterocycles. The fourth-order valence-electron chi connectivity index (χ4n) is 3.62. The van der Waals surface area contributed by atoms with Crippen molar-refractivity contribution in [2.45, 2.75) is 39.7 Å². The first kappa shape index (κ1) is 20.7. The Hall–Kier alpha value is -2.57. The van der Waals surface area contributed by atoms with Gasteiger partial charge in [-0.05, 0) is 55.7 Å². The second kappa shape index (κ2) is 8.66. The van der Waals surface area contributed by atoms with Gasteiger partial charge in [-0.15, -0.1) is 11.3 Å². The number of rotatable bonds is 5. The van der Waals surface area contributed by atoms with Crippen molar-refractivity contribution in [2.24, 2.45) is 4.99 Å². The summed E-state index contributed by atoms with van der Waals surface area (Å²) in [6.07, 6.45) is 1.99. The van der Waals surface area contributed by atoms with Gasteiger partial charge in [0, 0.05) is 22.0 Å². The highest BCUT2D eigenvalue weighted by atomic mass is 35.5. The van der Waals surface area contributed by atoms with Crippen LogP contribution in [0.3, 0.4) is 0 Å². The van der Waals surface area contributed by atoms with Gasteiger partial charge in [0.1, 0.15) is 5.75 Å². The third-order valence-electron chi connectivity index (χ3n) is 5.34. The van der Waals surface area contributed by atoms with Crippen molar-refractivity contribution in [1.29, 1.82) is 0 Å². The summed E-state index contributed by atoms with van der Waals surface area (Å²) in [5, 5.41) is 5.74. The molecule has 0 radical (unpaired) electrons. The van der Waals surface area contributed by atoms with Gasteiger partial charge in [0.2, 0.25) is 0 Å². The van der Waals surface area contributed by atoms with Gasteiger partial charge in [-0.2, -0.15) is 0 Å². The maximum absolute atomic E-state index is 11.7. The summed E-state index contributed by atoms with van der Waals surface area (Å²) in [6, 6.07) is 12.1. The highest BCUT2D eigenvalue weighted by molar-refractivity contribution is 7.07. The summed E-state index contributed by atoms with van der Waals surface area (Å²) in [5.41, 5.74) is 4.67. The van der Waals surface area contributed by atoms with Crippen LogP contribution in [0.15, 0.2) is 46.8 Å². The molecular formula is C23H24ClN3O2S. The number of aromatic nitrogens is 1. The Morgan fingerprint density at radius 1 is 1.23 bits per heavy atom. The molecule has 0 atom stereocenters. The maximum Gasteiger partial charge on any atom is 0.262 e. The molecule has 3 aromatic rings. The topological polar surface area (TPSA) is 55.6 Å². The lowest BCUT2D eigenvalue weighted by molar-refractivity contribution is -0.118. The normalized spacial score (nSPS) is 13.9. The molecule has 2 heterocycles. The Labute approximate surface area is 185 Å². The third kappa shape index (κ3) is 4.02. The molecule has 0 fully saturated rings. The number of hydrogen-bond acceptors (Lipinski definition) is 4. The number of carbonyl (C=O) groups is 1. The standard InChI is InChI=1S/C23H24ClN3O2S/c1-4-17(5-2)27-20(15-7-9-21-19(10-15)26-22(28)12-29-21)13-30-23(27)25-16-8-6-14(3)18(24)11-16/h6-11,13,17H,4-5,12H2,1-3H3,(H,26,28). The molecule has 0 saturated carbocycles. The molecule has 5 nitrogen and oxygen atoms in total. The van der Waals surface area contributed by atoms with Gasteiger partial charge in [-0.25, -0.2) is 4.99 Å². The molecule has 1 aliphatic rings. The Kier molecular flexibility index (Phi) is 5.97. The number of thiazole rings is 1. The average Bonchev–Trinajstić information content (AvgIpc) is 3.14. The van der Waals surface area contributed by atoms with Crippen LogP contribution in [0.1, 0.15) is 38.3 Å². The smallest absolute Gasteiger partial charge is 0.262 e. The lowest BCUT2D eigenvalue weighted by Crippen LogP contribution is -2.25. The van der Waals surface area contributed by atoms with Gasteiger partial charge in [-0.3, -0.25) is 4.79 Å². The fourth-order valence-corrected chi connectivity index (χ4v) is 4.78. The first-order chi connectivity index (χ1) is 14.5. The van der Waals surface area contributed by atoms with E-state index in [1.807, 2.05) is 43.3 Å². The van der Waals surface area contributed by atoms with Crippen molar-refractivity contribution in [3.63, 3.8) is 0 Å². The third-order valence-corrected chi connectivity index (χ3v) is 6.58. The van der Waals surface area contributed by atoms with Gasteiger partial charge < -0.3 is 14.6 Å². The highest BCUT2D eigenvalue weighted by Gasteiger charge is 2.19. The van der Waals surface area contributed by atoms with Crippen LogP contribution in [-0.2, 0) is 4.79 Å². The van der Waals surface area contributed by atoms with Crippen LogP contribution >= 0.6 is 22.9 Å². The quantitative estimate of drug-likeness (QED) is 0.519. The van der Waals surface area contributed by atoms with E-state index in [1.54, 1.807) is 11.3 Å². The summed E-state index contributed by atoms with van der Waals surface area (Å²) >= 11 is 7.92. The molecule has 1 aliphatic heterocycles.